The van der Waals surface area contributed by atoms with Crippen molar-refractivity contribution in [3.63, 3.8) is 0 Å². The van der Waals surface area contributed by atoms with E-state index in [9.17, 15) is 9.59 Å². The third-order valence-corrected chi connectivity index (χ3v) is 1.73. The molecule has 0 spiro atoms. The number of para-hydroxylation sites is 1. The Morgan fingerprint density at radius 1 is 1.00 bits per heavy atom. The molecule has 88 valence electrons. The van der Waals surface area contributed by atoms with Gasteiger partial charge in [-0.25, -0.2) is 9.59 Å². The van der Waals surface area contributed by atoms with Crippen LogP contribution in [0.25, 0.3) is 11.0 Å². The molecule has 1 heterocycles. The van der Waals surface area contributed by atoms with E-state index in [-0.39, 0.29) is 0 Å². The van der Waals surface area contributed by atoms with E-state index in [0.717, 1.165) is 11.0 Å². The molecule has 0 aliphatic rings. The molecule has 0 saturated carbocycles. The van der Waals surface area contributed by atoms with Crippen LogP contribution in [0, 0.1) is 0 Å². The van der Waals surface area contributed by atoms with E-state index < -0.39 is 11.9 Å². The van der Waals surface area contributed by atoms with Crippen molar-refractivity contribution in [3.05, 3.63) is 48.7 Å². The van der Waals surface area contributed by atoms with Gasteiger partial charge in [-0.05, 0) is 12.1 Å². The molecule has 2 rings (SSSR count). The highest BCUT2D eigenvalue weighted by Gasteiger charge is 1.89. The first-order valence-electron chi connectivity index (χ1n) is 4.66. The van der Waals surface area contributed by atoms with Crippen molar-refractivity contribution >= 4 is 22.9 Å². The van der Waals surface area contributed by atoms with Gasteiger partial charge >= 0.3 is 11.9 Å². The van der Waals surface area contributed by atoms with Crippen molar-refractivity contribution in [1.29, 1.82) is 0 Å². The average molecular weight is 234 g/mol. The van der Waals surface area contributed by atoms with Crippen LogP contribution in [0.2, 0.25) is 0 Å². The number of carboxylic acids is 2. The normalized spacial score (nSPS) is 9.88. The summed E-state index contributed by atoms with van der Waals surface area (Å²) < 4.78 is 5.12. The molecule has 5 nitrogen and oxygen atoms in total. The van der Waals surface area contributed by atoms with Gasteiger partial charge in [-0.3, -0.25) is 0 Å². The van der Waals surface area contributed by atoms with Gasteiger partial charge in [-0.15, -0.1) is 0 Å². The maximum atomic E-state index is 9.55. The lowest BCUT2D eigenvalue weighted by Crippen LogP contribution is -1.91. The molecule has 0 bridgehead atoms. The Morgan fingerprint density at radius 2 is 1.59 bits per heavy atom. The zero-order valence-corrected chi connectivity index (χ0v) is 8.74. The molecule has 0 aliphatic carbocycles. The van der Waals surface area contributed by atoms with Crippen molar-refractivity contribution in [2.45, 2.75) is 0 Å². The first-order chi connectivity index (χ1) is 8.09. The van der Waals surface area contributed by atoms with Gasteiger partial charge in [0.2, 0.25) is 0 Å². The molecule has 0 amide bonds. The van der Waals surface area contributed by atoms with Crippen LogP contribution in [-0.2, 0) is 9.59 Å². The number of rotatable bonds is 2. The highest BCUT2D eigenvalue weighted by Crippen LogP contribution is 2.12. The molecular weight excluding hydrogens is 224 g/mol. The van der Waals surface area contributed by atoms with Crippen LogP contribution in [-0.4, -0.2) is 22.2 Å². The molecule has 1 aromatic heterocycles. The van der Waals surface area contributed by atoms with Crippen LogP contribution in [0.1, 0.15) is 0 Å². The van der Waals surface area contributed by atoms with Crippen LogP contribution < -0.4 is 0 Å². The summed E-state index contributed by atoms with van der Waals surface area (Å²) in [5, 5.41) is 16.8. The van der Waals surface area contributed by atoms with Gasteiger partial charge in [0.1, 0.15) is 5.58 Å². The van der Waals surface area contributed by atoms with Crippen molar-refractivity contribution in [2.24, 2.45) is 0 Å². The van der Waals surface area contributed by atoms with Crippen molar-refractivity contribution in [3.8, 4) is 0 Å². The lowest BCUT2D eigenvalue weighted by Gasteiger charge is -1.81. The third kappa shape index (κ3) is 4.65. The number of benzene rings is 1. The number of carboxylic acid groups (broad SMARTS) is 2. The Bertz CT molecular complexity index is 492. The SMILES string of the molecule is O=C(O)/C=C/C(=O)O.c1ccc2occc2c1. The van der Waals surface area contributed by atoms with Crippen LogP contribution in [0.5, 0.6) is 0 Å². The highest BCUT2D eigenvalue weighted by atomic mass is 16.4. The summed E-state index contributed by atoms with van der Waals surface area (Å²) in [6, 6.07) is 9.90. The molecular formula is C12H10O5. The molecule has 0 unspecified atom stereocenters. The topological polar surface area (TPSA) is 87.7 Å². The largest absolute Gasteiger partial charge is 0.478 e. The zero-order chi connectivity index (χ0) is 12.7. The lowest BCUT2D eigenvalue weighted by molar-refractivity contribution is -0.134. The molecule has 0 radical (unpaired) electrons. The van der Waals surface area contributed by atoms with E-state index in [0.29, 0.717) is 12.2 Å². The Balaban J connectivity index is 0.000000172. The fourth-order valence-electron chi connectivity index (χ4n) is 1.05. The van der Waals surface area contributed by atoms with Gasteiger partial charge in [0.15, 0.2) is 0 Å². The molecule has 5 heteroatoms. The van der Waals surface area contributed by atoms with Gasteiger partial charge in [-0.2, -0.15) is 0 Å². The van der Waals surface area contributed by atoms with Gasteiger partial charge in [0, 0.05) is 17.5 Å². The summed E-state index contributed by atoms with van der Waals surface area (Å²) in [7, 11) is 0. The molecule has 0 saturated heterocycles. The van der Waals surface area contributed by atoms with Crippen LogP contribution in [0.3, 0.4) is 0 Å². The first kappa shape index (κ1) is 12.5. The second-order valence-electron chi connectivity index (χ2n) is 2.97. The number of furan rings is 1. The van der Waals surface area contributed by atoms with Crippen molar-refractivity contribution in [2.75, 3.05) is 0 Å². The molecule has 0 fully saturated rings. The van der Waals surface area contributed by atoms with Crippen LogP contribution in [0.4, 0.5) is 0 Å². The summed E-state index contributed by atoms with van der Waals surface area (Å²) in [5.74, 6) is -2.51. The third-order valence-electron chi connectivity index (χ3n) is 1.73. The van der Waals surface area contributed by atoms with Crippen LogP contribution >= 0.6 is 0 Å². The van der Waals surface area contributed by atoms with Crippen molar-refractivity contribution in [1.82, 2.24) is 0 Å². The predicted molar refractivity (Wildman–Crippen MR) is 60.6 cm³/mol. The minimum absolute atomic E-state index is 0.558. The summed E-state index contributed by atoms with van der Waals surface area (Å²) >= 11 is 0. The maximum Gasteiger partial charge on any atom is 0.328 e. The smallest absolute Gasteiger partial charge is 0.328 e. The maximum absolute atomic E-state index is 9.55. The fraction of sp³-hybridized carbons (Fsp3) is 0. The Hall–Kier alpha value is -2.56. The van der Waals surface area contributed by atoms with E-state index in [1.54, 1.807) is 6.26 Å². The average Bonchev–Trinajstić information content (AvgIpc) is 2.75. The summed E-state index contributed by atoms with van der Waals surface area (Å²) in [5.41, 5.74) is 0.956. The summed E-state index contributed by atoms with van der Waals surface area (Å²) in [6.45, 7) is 0. The predicted octanol–water partition coefficient (Wildman–Crippen LogP) is 2.14. The molecule has 2 aromatic rings. The number of aliphatic carboxylic acids is 2. The van der Waals surface area contributed by atoms with E-state index in [1.165, 1.54) is 0 Å². The second-order valence-corrected chi connectivity index (χ2v) is 2.97. The lowest BCUT2D eigenvalue weighted by atomic mass is 10.3. The molecule has 0 aliphatic heterocycles. The Morgan fingerprint density at radius 3 is 2.12 bits per heavy atom. The fourth-order valence-corrected chi connectivity index (χ4v) is 1.05. The molecule has 17 heavy (non-hydrogen) atoms. The van der Waals surface area contributed by atoms with Crippen molar-refractivity contribution < 1.29 is 24.2 Å². The van der Waals surface area contributed by atoms with Gasteiger partial charge < -0.3 is 14.6 Å². The number of fused-ring (bicyclic) bond motifs is 1. The van der Waals surface area contributed by atoms with E-state index in [2.05, 4.69) is 0 Å². The molecule has 2 N–H and O–H groups in total. The van der Waals surface area contributed by atoms with E-state index in [4.69, 9.17) is 14.6 Å². The van der Waals surface area contributed by atoms with Gasteiger partial charge in [0.05, 0.1) is 6.26 Å². The number of hydrogen-bond donors (Lipinski definition) is 2. The molecule has 1 aromatic carbocycles. The zero-order valence-electron chi connectivity index (χ0n) is 8.74. The standard InChI is InChI=1S/C8H6O.C4H4O4/c1-2-4-8-7(3-1)5-6-9-8;5-3(6)1-2-4(7)8/h1-6H;1-2H,(H,5,6)(H,7,8)/b;2-1+. The minimum Gasteiger partial charge on any atom is -0.478 e. The van der Waals surface area contributed by atoms with Gasteiger partial charge in [-0.1, -0.05) is 18.2 Å². The Kier molecular flexibility index (Phi) is 4.50. The van der Waals surface area contributed by atoms with Gasteiger partial charge in [0.25, 0.3) is 0 Å². The second kappa shape index (κ2) is 6.12. The summed E-state index contributed by atoms with van der Waals surface area (Å²) in [6.07, 6.45) is 2.81. The van der Waals surface area contributed by atoms with Crippen LogP contribution in [0.15, 0.2) is 53.2 Å². The molecule has 0 atom stereocenters. The van der Waals surface area contributed by atoms with E-state index in [1.807, 2.05) is 30.3 Å². The Labute approximate surface area is 96.6 Å². The number of carbonyl (C=O) groups is 2. The monoisotopic (exact) mass is 234 g/mol. The number of hydrogen-bond acceptors (Lipinski definition) is 3. The minimum atomic E-state index is -1.26. The highest BCUT2D eigenvalue weighted by molar-refractivity contribution is 5.89. The first-order valence-corrected chi connectivity index (χ1v) is 4.66. The van der Waals surface area contributed by atoms with E-state index >= 15 is 0 Å². The summed E-state index contributed by atoms with van der Waals surface area (Å²) in [4.78, 5) is 19.1. The quantitative estimate of drug-likeness (QED) is 0.777.